The summed E-state index contributed by atoms with van der Waals surface area (Å²) in [5.41, 5.74) is -0.470. The fraction of sp³-hybridized carbons (Fsp3) is 0.176. The Morgan fingerprint density at radius 1 is 0.962 bits per heavy atom. The monoisotopic (exact) mass is 368 g/mol. The summed E-state index contributed by atoms with van der Waals surface area (Å²) in [7, 11) is 2.73. The van der Waals surface area contributed by atoms with E-state index in [-0.39, 0.29) is 17.1 Å². The van der Waals surface area contributed by atoms with Crippen molar-refractivity contribution in [1.29, 1.82) is 0 Å². The number of methoxy groups -OCH3 is 2. The third kappa shape index (κ3) is 4.05. The standard InChI is InChI=1S/C17H15F3N2O4/c1-25-11-4-3-5-12(26-2)14(11)17(24)21-8-13(23)22-10-7-6-9(18)15(19)16(10)20/h3-7H,8H2,1-2H3,(H,21,24)(H,22,23). The molecule has 2 rings (SSSR count). The van der Waals surface area contributed by atoms with Crippen LogP contribution in [0, 0.1) is 17.5 Å². The quantitative estimate of drug-likeness (QED) is 0.768. The number of carbonyl (C=O) groups excluding carboxylic acids is 2. The number of anilines is 1. The number of nitrogens with one attached hydrogen (secondary N) is 2. The highest BCUT2D eigenvalue weighted by molar-refractivity contribution is 6.02. The molecule has 0 fully saturated rings. The molecule has 0 unspecified atom stereocenters. The summed E-state index contributed by atoms with van der Waals surface area (Å²) < 4.78 is 49.7. The molecule has 0 saturated carbocycles. The molecule has 0 aliphatic rings. The van der Waals surface area contributed by atoms with Crippen LogP contribution in [0.25, 0.3) is 0 Å². The van der Waals surface area contributed by atoms with Crippen molar-refractivity contribution < 1.29 is 32.2 Å². The molecule has 2 aromatic rings. The van der Waals surface area contributed by atoms with Gasteiger partial charge in [-0.1, -0.05) is 6.07 Å². The van der Waals surface area contributed by atoms with E-state index in [1.54, 1.807) is 6.07 Å². The summed E-state index contributed by atoms with van der Waals surface area (Å²) in [6.07, 6.45) is 0. The molecule has 6 nitrogen and oxygen atoms in total. The van der Waals surface area contributed by atoms with Crippen LogP contribution < -0.4 is 20.1 Å². The third-order valence-corrected chi connectivity index (χ3v) is 3.37. The largest absolute Gasteiger partial charge is 0.496 e. The fourth-order valence-corrected chi connectivity index (χ4v) is 2.14. The summed E-state index contributed by atoms with van der Waals surface area (Å²) in [5.74, 6) is -5.65. The van der Waals surface area contributed by atoms with Crippen molar-refractivity contribution in [2.45, 2.75) is 0 Å². The minimum Gasteiger partial charge on any atom is -0.496 e. The van der Waals surface area contributed by atoms with Crippen LogP contribution >= 0.6 is 0 Å². The van der Waals surface area contributed by atoms with E-state index in [0.29, 0.717) is 6.07 Å². The molecular weight excluding hydrogens is 353 g/mol. The first-order chi connectivity index (χ1) is 12.4. The summed E-state index contributed by atoms with van der Waals surface area (Å²) in [4.78, 5) is 24.1. The van der Waals surface area contributed by atoms with Gasteiger partial charge in [-0.25, -0.2) is 13.2 Å². The fourth-order valence-electron chi connectivity index (χ4n) is 2.14. The summed E-state index contributed by atoms with van der Waals surface area (Å²) in [5, 5.41) is 4.36. The van der Waals surface area contributed by atoms with Gasteiger partial charge < -0.3 is 20.1 Å². The van der Waals surface area contributed by atoms with E-state index in [1.165, 1.54) is 26.4 Å². The average molecular weight is 368 g/mol. The predicted octanol–water partition coefficient (Wildman–Crippen LogP) is 2.49. The number of hydrogen-bond acceptors (Lipinski definition) is 4. The Bertz CT molecular complexity index is 821. The van der Waals surface area contributed by atoms with Crippen molar-refractivity contribution in [2.75, 3.05) is 26.1 Å². The summed E-state index contributed by atoms with van der Waals surface area (Å²) in [6, 6.07) is 6.23. The first kappa shape index (κ1) is 19.1. The van der Waals surface area contributed by atoms with Crippen molar-refractivity contribution in [2.24, 2.45) is 0 Å². The van der Waals surface area contributed by atoms with Gasteiger partial charge in [-0.3, -0.25) is 9.59 Å². The highest BCUT2D eigenvalue weighted by Gasteiger charge is 2.19. The summed E-state index contributed by atoms with van der Waals surface area (Å²) in [6.45, 7) is -0.543. The molecule has 0 aliphatic carbocycles. The minimum atomic E-state index is -1.70. The molecule has 0 saturated heterocycles. The number of hydrogen-bond donors (Lipinski definition) is 2. The zero-order chi connectivity index (χ0) is 19.3. The van der Waals surface area contributed by atoms with Gasteiger partial charge in [-0.2, -0.15) is 0 Å². The number of benzene rings is 2. The van der Waals surface area contributed by atoms with Crippen LogP contribution in [0.3, 0.4) is 0 Å². The van der Waals surface area contributed by atoms with Gasteiger partial charge in [0.15, 0.2) is 17.5 Å². The number of ether oxygens (including phenoxy) is 2. The second-order valence-corrected chi connectivity index (χ2v) is 4.99. The molecule has 0 radical (unpaired) electrons. The molecule has 2 aromatic carbocycles. The lowest BCUT2D eigenvalue weighted by molar-refractivity contribution is -0.115. The highest BCUT2D eigenvalue weighted by atomic mass is 19.2. The van der Waals surface area contributed by atoms with Crippen LogP contribution in [0.4, 0.5) is 18.9 Å². The van der Waals surface area contributed by atoms with Crippen molar-refractivity contribution in [3.05, 3.63) is 53.3 Å². The number of carbonyl (C=O) groups is 2. The predicted molar refractivity (Wildman–Crippen MR) is 86.8 cm³/mol. The molecule has 0 atom stereocenters. The molecule has 26 heavy (non-hydrogen) atoms. The maximum atomic E-state index is 13.5. The summed E-state index contributed by atoms with van der Waals surface area (Å²) >= 11 is 0. The van der Waals surface area contributed by atoms with Gasteiger partial charge in [0.25, 0.3) is 5.91 Å². The topological polar surface area (TPSA) is 76.7 Å². The van der Waals surface area contributed by atoms with E-state index in [0.717, 1.165) is 6.07 Å². The maximum Gasteiger partial charge on any atom is 0.259 e. The average Bonchev–Trinajstić information content (AvgIpc) is 2.65. The molecule has 2 N–H and O–H groups in total. The van der Waals surface area contributed by atoms with Gasteiger partial charge in [-0.05, 0) is 24.3 Å². The van der Waals surface area contributed by atoms with Crippen LogP contribution in [0.1, 0.15) is 10.4 Å². The Labute approximate surface area is 146 Å². The molecule has 138 valence electrons. The van der Waals surface area contributed by atoms with Crippen LogP contribution in [-0.2, 0) is 4.79 Å². The maximum absolute atomic E-state index is 13.5. The van der Waals surface area contributed by atoms with E-state index < -0.39 is 41.5 Å². The first-order valence-electron chi connectivity index (χ1n) is 7.31. The lowest BCUT2D eigenvalue weighted by Gasteiger charge is -2.13. The Morgan fingerprint density at radius 3 is 2.15 bits per heavy atom. The molecule has 0 aliphatic heterocycles. The number of amides is 2. The second-order valence-electron chi connectivity index (χ2n) is 4.99. The van der Waals surface area contributed by atoms with Crippen LogP contribution in [0.15, 0.2) is 30.3 Å². The Balaban J connectivity index is 2.06. The van der Waals surface area contributed by atoms with Gasteiger partial charge in [0.05, 0.1) is 26.5 Å². The van der Waals surface area contributed by atoms with E-state index in [4.69, 9.17) is 9.47 Å². The zero-order valence-corrected chi connectivity index (χ0v) is 13.9. The normalized spacial score (nSPS) is 10.2. The van der Waals surface area contributed by atoms with Crippen LogP contribution in [0.2, 0.25) is 0 Å². The van der Waals surface area contributed by atoms with Gasteiger partial charge in [0.2, 0.25) is 5.91 Å². The van der Waals surface area contributed by atoms with Crippen molar-refractivity contribution >= 4 is 17.5 Å². The van der Waals surface area contributed by atoms with Gasteiger partial charge >= 0.3 is 0 Å². The molecule has 0 bridgehead atoms. The Morgan fingerprint density at radius 2 is 1.58 bits per heavy atom. The lowest BCUT2D eigenvalue weighted by Crippen LogP contribution is -2.33. The van der Waals surface area contributed by atoms with Crippen molar-refractivity contribution in [1.82, 2.24) is 5.32 Å². The second kappa shape index (κ2) is 8.24. The van der Waals surface area contributed by atoms with E-state index in [2.05, 4.69) is 5.32 Å². The number of halogens is 3. The van der Waals surface area contributed by atoms with E-state index >= 15 is 0 Å². The van der Waals surface area contributed by atoms with E-state index in [1.807, 2.05) is 5.32 Å². The van der Waals surface area contributed by atoms with E-state index in [9.17, 15) is 22.8 Å². The van der Waals surface area contributed by atoms with Gasteiger partial charge in [0, 0.05) is 0 Å². The molecular formula is C17H15F3N2O4. The highest BCUT2D eigenvalue weighted by Crippen LogP contribution is 2.27. The number of rotatable bonds is 6. The molecule has 9 heteroatoms. The molecule has 0 spiro atoms. The van der Waals surface area contributed by atoms with Gasteiger partial charge in [-0.15, -0.1) is 0 Å². The van der Waals surface area contributed by atoms with Crippen molar-refractivity contribution in [3.8, 4) is 11.5 Å². The van der Waals surface area contributed by atoms with Crippen molar-refractivity contribution in [3.63, 3.8) is 0 Å². The SMILES string of the molecule is COc1cccc(OC)c1C(=O)NCC(=O)Nc1ccc(F)c(F)c1F. The molecule has 2 amide bonds. The van der Waals surface area contributed by atoms with Crippen LogP contribution in [0.5, 0.6) is 11.5 Å². The van der Waals surface area contributed by atoms with Gasteiger partial charge in [0.1, 0.15) is 17.1 Å². The Hall–Kier alpha value is -3.23. The smallest absolute Gasteiger partial charge is 0.259 e. The lowest BCUT2D eigenvalue weighted by atomic mass is 10.1. The molecule has 0 aromatic heterocycles. The third-order valence-electron chi connectivity index (χ3n) is 3.37. The first-order valence-corrected chi connectivity index (χ1v) is 7.31. The minimum absolute atomic E-state index is 0.0734. The Kier molecular flexibility index (Phi) is 6.05. The molecule has 0 heterocycles. The zero-order valence-electron chi connectivity index (χ0n) is 13.9. The van der Waals surface area contributed by atoms with Crippen LogP contribution in [-0.4, -0.2) is 32.6 Å².